The summed E-state index contributed by atoms with van der Waals surface area (Å²) >= 11 is 0. The van der Waals surface area contributed by atoms with Gasteiger partial charge in [0, 0.05) is 12.0 Å². The minimum atomic E-state index is -1.75. The van der Waals surface area contributed by atoms with Crippen molar-refractivity contribution in [2.45, 2.75) is 84.2 Å². The van der Waals surface area contributed by atoms with Gasteiger partial charge in [-0.15, -0.1) is 0 Å². The molecule has 4 rings (SSSR count). The summed E-state index contributed by atoms with van der Waals surface area (Å²) in [7, 11) is -1.75. The van der Waals surface area contributed by atoms with E-state index in [4.69, 9.17) is 9.16 Å². The standard InChI is InChI=1S/C25H34O2Si/c1-17-13-22-21(15-25(27-22)11-12-25)18(2)23(17)20-10-8-9-19(14-20)16-26-28(6,7)24(3,4)5/h8-10,13-14H,11-12,15-16H2,1-7H3. The molecule has 0 bridgehead atoms. The Hall–Kier alpha value is -1.58. The second kappa shape index (κ2) is 6.46. The smallest absolute Gasteiger partial charge is 0.192 e. The van der Waals surface area contributed by atoms with Crippen LogP contribution < -0.4 is 4.74 Å². The first-order valence-electron chi connectivity index (χ1n) is 10.6. The predicted molar refractivity (Wildman–Crippen MR) is 120 cm³/mol. The first kappa shape index (κ1) is 19.7. The summed E-state index contributed by atoms with van der Waals surface area (Å²) in [5.41, 5.74) is 8.17. The molecular formula is C25H34O2Si. The van der Waals surface area contributed by atoms with Crippen LogP contribution in [-0.4, -0.2) is 13.9 Å². The van der Waals surface area contributed by atoms with Crippen LogP contribution in [0.15, 0.2) is 30.3 Å². The molecule has 1 fully saturated rings. The van der Waals surface area contributed by atoms with E-state index in [1.807, 2.05) is 0 Å². The molecule has 3 heteroatoms. The zero-order chi connectivity index (χ0) is 20.3. The number of hydrogen-bond acceptors (Lipinski definition) is 2. The second-order valence-electron chi connectivity index (χ2n) is 10.4. The number of benzene rings is 2. The lowest BCUT2D eigenvalue weighted by Crippen LogP contribution is -2.40. The van der Waals surface area contributed by atoms with E-state index in [0.29, 0.717) is 6.61 Å². The first-order chi connectivity index (χ1) is 13.0. The molecule has 1 spiro atoms. The number of ether oxygens (including phenoxy) is 1. The maximum Gasteiger partial charge on any atom is 0.192 e. The second-order valence-corrected chi connectivity index (χ2v) is 15.2. The molecule has 2 aromatic carbocycles. The van der Waals surface area contributed by atoms with Crippen LogP contribution in [-0.2, 0) is 17.5 Å². The van der Waals surface area contributed by atoms with E-state index in [-0.39, 0.29) is 10.6 Å². The fourth-order valence-corrected chi connectivity index (χ4v) is 5.01. The fraction of sp³-hybridized carbons (Fsp3) is 0.520. The summed E-state index contributed by atoms with van der Waals surface area (Å²) in [6.07, 6.45) is 3.49. The van der Waals surface area contributed by atoms with Gasteiger partial charge in [-0.3, -0.25) is 0 Å². The SMILES string of the molecule is Cc1cc2c(c(C)c1-c1cccc(CO[Si](C)(C)C(C)(C)C)c1)CC1(CC1)O2. The zero-order valence-electron chi connectivity index (χ0n) is 18.5. The number of hydrogen-bond donors (Lipinski definition) is 0. The molecule has 1 heterocycles. The van der Waals surface area contributed by atoms with Crippen molar-refractivity contribution in [2.24, 2.45) is 0 Å². The Morgan fingerprint density at radius 1 is 1.11 bits per heavy atom. The third kappa shape index (κ3) is 3.44. The van der Waals surface area contributed by atoms with Crippen molar-refractivity contribution in [3.05, 3.63) is 52.6 Å². The van der Waals surface area contributed by atoms with E-state index in [9.17, 15) is 0 Å². The van der Waals surface area contributed by atoms with Gasteiger partial charge >= 0.3 is 0 Å². The Balaban J connectivity index is 1.62. The molecule has 2 aromatic rings. The first-order valence-corrected chi connectivity index (χ1v) is 13.5. The molecule has 0 unspecified atom stereocenters. The molecule has 0 saturated heterocycles. The molecule has 1 aliphatic heterocycles. The largest absolute Gasteiger partial charge is 0.487 e. The van der Waals surface area contributed by atoms with Crippen molar-refractivity contribution in [3.63, 3.8) is 0 Å². The molecule has 0 aromatic heterocycles. The lowest BCUT2D eigenvalue weighted by atomic mass is 9.90. The zero-order valence-corrected chi connectivity index (χ0v) is 19.5. The molecule has 0 N–H and O–H groups in total. The van der Waals surface area contributed by atoms with Crippen molar-refractivity contribution in [1.29, 1.82) is 0 Å². The fourth-order valence-electron chi connectivity index (χ4n) is 4.05. The summed E-state index contributed by atoms with van der Waals surface area (Å²) in [5, 5.41) is 0.233. The Bertz CT molecular complexity index is 917. The van der Waals surface area contributed by atoms with E-state index in [1.165, 1.54) is 46.2 Å². The van der Waals surface area contributed by atoms with Gasteiger partial charge in [-0.2, -0.15) is 0 Å². The van der Waals surface area contributed by atoms with Crippen LogP contribution >= 0.6 is 0 Å². The highest BCUT2D eigenvalue weighted by molar-refractivity contribution is 6.74. The van der Waals surface area contributed by atoms with E-state index >= 15 is 0 Å². The average molecular weight is 395 g/mol. The van der Waals surface area contributed by atoms with Crippen LogP contribution in [0.1, 0.15) is 55.9 Å². The van der Waals surface area contributed by atoms with Gasteiger partial charge in [0.15, 0.2) is 8.32 Å². The molecule has 1 aliphatic carbocycles. The van der Waals surface area contributed by atoms with Gasteiger partial charge in [-0.25, -0.2) is 0 Å². The van der Waals surface area contributed by atoms with Crippen molar-refractivity contribution in [1.82, 2.24) is 0 Å². The van der Waals surface area contributed by atoms with E-state index in [0.717, 1.165) is 12.2 Å². The van der Waals surface area contributed by atoms with Crippen molar-refractivity contribution < 1.29 is 9.16 Å². The van der Waals surface area contributed by atoms with Crippen molar-refractivity contribution in [2.75, 3.05) is 0 Å². The van der Waals surface area contributed by atoms with Crippen LogP contribution in [0.25, 0.3) is 11.1 Å². The van der Waals surface area contributed by atoms with Gasteiger partial charge in [0.25, 0.3) is 0 Å². The third-order valence-electron chi connectivity index (χ3n) is 7.12. The van der Waals surface area contributed by atoms with Gasteiger partial charge in [0.1, 0.15) is 11.4 Å². The van der Waals surface area contributed by atoms with Crippen LogP contribution in [0.3, 0.4) is 0 Å². The minimum absolute atomic E-state index is 0.136. The Labute approximate surface area is 171 Å². The van der Waals surface area contributed by atoms with Gasteiger partial charge in [-0.05, 0) is 84.8 Å². The molecule has 0 radical (unpaired) electrons. The maximum absolute atomic E-state index is 6.46. The van der Waals surface area contributed by atoms with Crippen molar-refractivity contribution >= 4 is 8.32 Å². The third-order valence-corrected chi connectivity index (χ3v) is 11.6. The highest BCUT2D eigenvalue weighted by atomic mass is 28.4. The summed E-state index contributed by atoms with van der Waals surface area (Å²) in [6, 6.07) is 11.2. The highest BCUT2D eigenvalue weighted by Crippen LogP contribution is 2.52. The Morgan fingerprint density at radius 3 is 2.46 bits per heavy atom. The van der Waals surface area contributed by atoms with E-state index < -0.39 is 8.32 Å². The molecule has 2 aliphatic rings. The Kier molecular flexibility index (Phi) is 4.55. The lowest BCUT2D eigenvalue weighted by Gasteiger charge is -2.36. The van der Waals surface area contributed by atoms with E-state index in [2.05, 4.69) is 78.0 Å². The quantitative estimate of drug-likeness (QED) is 0.522. The summed E-state index contributed by atoms with van der Waals surface area (Å²) in [5.74, 6) is 1.12. The van der Waals surface area contributed by atoms with Crippen molar-refractivity contribution in [3.8, 4) is 16.9 Å². The lowest BCUT2D eigenvalue weighted by molar-refractivity contribution is 0.211. The molecule has 150 valence electrons. The van der Waals surface area contributed by atoms with Crippen LogP contribution in [0.5, 0.6) is 5.75 Å². The number of fused-ring (bicyclic) bond motifs is 1. The van der Waals surface area contributed by atoms with Gasteiger partial charge in [0.2, 0.25) is 0 Å². The number of rotatable bonds is 4. The molecule has 0 atom stereocenters. The summed E-state index contributed by atoms with van der Waals surface area (Å²) in [6.45, 7) is 16.7. The predicted octanol–water partition coefficient (Wildman–Crippen LogP) is 6.96. The number of aryl methyl sites for hydroxylation is 1. The Morgan fingerprint density at radius 2 is 1.82 bits per heavy atom. The highest BCUT2D eigenvalue weighted by Gasteiger charge is 2.50. The van der Waals surface area contributed by atoms with E-state index in [1.54, 1.807) is 0 Å². The monoisotopic (exact) mass is 394 g/mol. The molecule has 0 amide bonds. The summed E-state index contributed by atoms with van der Waals surface area (Å²) < 4.78 is 12.7. The molecule has 28 heavy (non-hydrogen) atoms. The van der Waals surface area contributed by atoms with Crippen LogP contribution in [0.2, 0.25) is 18.1 Å². The van der Waals surface area contributed by atoms with Gasteiger partial charge in [0.05, 0.1) is 6.61 Å². The van der Waals surface area contributed by atoms with Gasteiger partial charge in [-0.1, -0.05) is 39.0 Å². The average Bonchev–Trinajstić information content (AvgIpc) is 3.24. The van der Waals surface area contributed by atoms with Crippen LogP contribution in [0.4, 0.5) is 0 Å². The topological polar surface area (TPSA) is 18.5 Å². The molecule has 2 nitrogen and oxygen atoms in total. The van der Waals surface area contributed by atoms with Gasteiger partial charge < -0.3 is 9.16 Å². The maximum atomic E-state index is 6.46. The van der Waals surface area contributed by atoms with Crippen LogP contribution in [0, 0.1) is 13.8 Å². The normalized spacial score (nSPS) is 17.5. The molecular weight excluding hydrogens is 360 g/mol. The molecule has 1 saturated carbocycles. The minimum Gasteiger partial charge on any atom is -0.487 e. The summed E-state index contributed by atoms with van der Waals surface area (Å²) in [4.78, 5) is 0.